The molecule has 4 heteroatoms. The van der Waals surface area contributed by atoms with E-state index in [1.54, 1.807) is 18.5 Å². The number of hydrogen-bond acceptors (Lipinski definition) is 2. The molecule has 2 nitrogen and oxygen atoms in total. The molecule has 0 fully saturated rings. The second kappa shape index (κ2) is 3.93. The summed E-state index contributed by atoms with van der Waals surface area (Å²) in [6.45, 7) is 0. The molecular formula is C4H6BrN2P. The van der Waals surface area contributed by atoms with E-state index >= 15 is 0 Å². The Morgan fingerprint density at radius 1 is 1.25 bits per heavy atom. The number of hydrogen-bond donors (Lipinski definition) is 0. The minimum Gasteiger partial charge on any atom is -0.231 e. The third kappa shape index (κ3) is 2.34. The van der Waals surface area contributed by atoms with E-state index in [1.807, 2.05) is 0 Å². The number of nitrogens with zero attached hydrogens (tertiary/aromatic N) is 2. The minimum absolute atomic E-state index is 0. The van der Waals surface area contributed by atoms with Crippen molar-refractivity contribution in [3.8, 4) is 0 Å². The van der Waals surface area contributed by atoms with Crippen molar-refractivity contribution in [1.29, 1.82) is 0 Å². The lowest BCUT2D eigenvalue weighted by atomic mass is 10.7. The van der Waals surface area contributed by atoms with Gasteiger partial charge in [-0.1, -0.05) is 0 Å². The van der Waals surface area contributed by atoms with Crippen LogP contribution in [0.2, 0.25) is 0 Å². The van der Waals surface area contributed by atoms with Crippen LogP contribution in [0, 0.1) is 0 Å². The fourth-order valence-corrected chi connectivity index (χ4v) is 0.517. The molecule has 0 aromatic carbocycles. The first-order valence-corrected chi connectivity index (χ1v) is 2.61. The Bertz CT molecular complexity index is 144. The molecule has 1 atom stereocenters. The van der Waals surface area contributed by atoms with Crippen LogP contribution in [0.5, 0.6) is 0 Å². The van der Waals surface area contributed by atoms with Crippen LogP contribution < -0.4 is 0 Å². The van der Waals surface area contributed by atoms with E-state index in [-0.39, 0.29) is 9.90 Å². The third-order valence-corrected chi connectivity index (χ3v) is 0.944. The molecule has 0 saturated carbocycles. The van der Waals surface area contributed by atoms with Crippen LogP contribution in [0.3, 0.4) is 0 Å². The van der Waals surface area contributed by atoms with Gasteiger partial charge in [-0.05, 0) is 22.0 Å². The van der Waals surface area contributed by atoms with Gasteiger partial charge in [0.1, 0.15) is 0 Å². The highest BCUT2D eigenvalue weighted by atomic mass is 79.9. The second-order valence-corrected chi connectivity index (χ2v) is 1.73. The maximum Gasteiger partial charge on any atom is 0.196 e. The van der Waals surface area contributed by atoms with Crippen LogP contribution in [0.4, 0.5) is 0 Å². The fraction of sp³-hybridized carbons (Fsp3) is 0. The zero-order valence-electron chi connectivity index (χ0n) is 4.21. The predicted molar refractivity (Wildman–Crippen MR) is 40.8 cm³/mol. The van der Waals surface area contributed by atoms with Gasteiger partial charge in [0.25, 0.3) is 0 Å². The summed E-state index contributed by atoms with van der Waals surface area (Å²) in [7, 11) is 0. The Morgan fingerprint density at radius 3 is 2.00 bits per heavy atom. The summed E-state index contributed by atoms with van der Waals surface area (Å²) in [4.78, 5) is 7.57. The molecule has 1 heterocycles. The molecule has 0 aliphatic heterocycles. The van der Waals surface area contributed by atoms with Gasteiger partial charge >= 0.3 is 0 Å². The van der Waals surface area contributed by atoms with Crippen molar-refractivity contribution in [2.24, 2.45) is 0 Å². The van der Waals surface area contributed by atoms with Gasteiger partial charge in [-0.15, -0.1) is 0 Å². The maximum atomic E-state index is 3.78. The molecule has 0 aliphatic carbocycles. The molecule has 0 radical (unpaired) electrons. The smallest absolute Gasteiger partial charge is 0.196 e. The number of halogens is 1. The lowest BCUT2D eigenvalue weighted by Crippen LogP contribution is -1.74. The standard InChI is InChI=1S/C4H3BrN2.H3P/c5-4-6-2-1-3-7-4;/h1-3H;1H3. The monoisotopic (exact) mass is 192 g/mol. The van der Waals surface area contributed by atoms with Crippen molar-refractivity contribution in [3.63, 3.8) is 0 Å². The van der Waals surface area contributed by atoms with Crippen molar-refractivity contribution in [1.82, 2.24) is 9.97 Å². The van der Waals surface area contributed by atoms with Crippen LogP contribution >= 0.6 is 25.8 Å². The van der Waals surface area contributed by atoms with E-state index in [4.69, 9.17) is 0 Å². The lowest BCUT2D eigenvalue weighted by molar-refractivity contribution is 1.11. The zero-order valence-corrected chi connectivity index (χ0v) is 7.21. The molecular weight excluding hydrogens is 187 g/mol. The van der Waals surface area contributed by atoms with E-state index in [2.05, 4.69) is 25.9 Å². The largest absolute Gasteiger partial charge is 0.231 e. The van der Waals surface area contributed by atoms with E-state index in [0.717, 1.165) is 0 Å². The maximum absolute atomic E-state index is 3.78. The van der Waals surface area contributed by atoms with Crippen LogP contribution in [-0.2, 0) is 0 Å². The highest BCUT2D eigenvalue weighted by Gasteiger charge is 1.77. The summed E-state index contributed by atoms with van der Waals surface area (Å²) >= 11 is 3.09. The molecule has 1 aromatic rings. The summed E-state index contributed by atoms with van der Waals surface area (Å²) in [6, 6.07) is 1.77. The van der Waals surface area contributed by atoms with Gasteiger partial charge in [0, 0.05) is 12.4 Å². The average molecular weight is 193 g/mol. The average Bonchev–Trinajstić information content (AvgIpc) is 1.69. The Balaban J connectivity index is 0.000000490. The molecule has 44 valence electrons. The molecule has 8 heavy (non-hydrogen) atoms. The third-order valence-electron chi connectivity index (χ3n) is 0.534. The Kier molecular flexibility index (Phi) is 3.92. The van der Waals surface area contributed by atoms with Crippen molar-refractivity contribution >= 4 is 25.8 Å². The number of rotatable bonds is 0. The summed E-state index contributed by atoms with van der Waals surface area (Å²) in [5.41, 5.74) is 0. The normalized spacial score (nSPS) is 7.62. The van der Waals surface area contributed by atoms with E-state index < -0.39 is 0 Å². The SMILES string of the molecule is Brc1ncccn1.P. The first kappa shape index (κ1) is 7.99. The highest BCUT2D eigenvalue weighted by molar-refractivity contribution is 9.10. The van der Waals surface area contributed by atoms with Crippen molar-refractivity contribution in [2.75, 3.05) is 0 Å². The van der Waals surface area contributed by atoms with Gasteiger partial charge in [0.15, 0.2) is 4.73 Å². The quantitative estimate of drug-likeness (QED) is 0.458. The van der Waals surface area contributed by atoms with E-state index in [1.165, 1.54) is 0 Å². The number of aromatic nitrogens is 2. The molecule has 0 spiro atoms. The van der Waals surface area contributed by atoms with Gasteiger partial charge in [0.05, 0.1) is 0 Å². The molecule has 1 aromatic heterocycles. The summed E-state index contributed by atoms with van der Waals surface area (Å²) in [6.07, 6.45) is 3.36. The molecule has 1 unspecified atom stereocenters. The molecule has 0 bridgehead atoms. The van der Waals surface area contributed by atoms with Gasteiger partial charge < -0.3 is 0 Å². The van der Waals surface area contributed by atoms with Crippen molar-refractivity contribution in [2.45, 2.75) is 0 Å². The molecule has 1 rings (SSSR count). The van der Waals surface area contributed by atoms with Crippen LogP contribution in [0.1, 0.15) is 0 Å². The lowest BCUT2D eigenvalue weighted by Gasteiger charge is -1.79. The summed E-state index contributed by atoms with van der Waals surface area (Å²) < 4.78 is 0.634. The van der Waals surface area contributed by atoms with Crippen LogP contribution in [0.25, 0.3) is 0 Å². The van der Waals surface area contributed by atoms with Crippen LogP contribution in [-0.4, -0.2) is 9.97 Å². The Morgan fingerprint density at radius 2 is 1.75 bits per heavy atom. The second-order valence-electron chi connectivity index (χ2n) is 1.02. The fourth-order valence-electron chi connectivity index (χ4n) is 0.281. The van der Waals surface area contributed by atoms with Crippen molar-refractivity contribution in [3.05, 3.63) is 23.2 Å². The molecule has 0 amide bonds. The Labute approximate surface area is 59.5 Å². The van der Waals surface area contributed by atoms with Crippen molar-refractivity contribution < 1.29 is 0 Å². The first-order valence-electron chi connectivity index (χ1n) is 1.82. The van der Waals surface area contributed by atoms with E-state index in [0.29, 0.717) is 4.73 Å². The van der Waals surface area contributed by atoms with Crippen LogP contribution in [0.15, 0.2) is 23.2 Å². The first-order chi connectivity index (χ1) is 3.39. The summed E-state index contributed by atoms with van der Waals surface area (Å²) in [5, 5.41) is 0. The van der Waals surface area contributed by atoms with Gasteiger partial charge in [-0.25, -0.2) is 9.97 Å². The zero-order chi connectivity index (χ0) is 5.11. The highest BCUT2D eigenvalue weighted by Crippen LogP contribution is 1.94. The van der Waals surface area contributed by atoms with Gasteiger partial charge in [0.2, 0.25) is 0 Å². The van der Waals surface area contributed by atoms with Gasteiger partial charge in [-0.3, -0.25) is 0 Å². The summed E-state index contributed by atoms with van der Waals surface area (Å²) in [5.74, 6) is 0. The molecule has 0 N–H and O–H groups in total. The van der Waals surface area contributed by atoms with Gasteiger partial charge in [-0.2, -0.15) is 9.90 Å². The molecule has 0 saturated heterocycles. The Hall–Kier alpha value is -0.0100. The molecule has 0 aliphatic rings. The van der Waals surface area contributed by atoms with E-state index in [9.17, 15) is 0 Å². The predicted octanol–water partition coefficient (Wildman–Crippen LogP) is 1.30. The minimum atomic E-state index is 0. The topological polar surface area (TPSA) is 25.8 Å².